The van der Waals surface area contributed by atoms with Crippen LogP contribution in [0.3, 0.4) is 0 Å². The van der Waals surface area contributed by atoms with Crippen LogP contribution in [0.1, 0.15) is 75.4 Å². The van der Waals surface area contributed by atoms with Gasteiger partial charge < -0.3 is 10.0 Å². The molecule has 0 saturated heterocycles. The van der Waals surface area contributed by atoms with Crippen molar-refractivity contribution in [3.8, 4) is 0 Å². The van der Waals surface area contributed by atoms with Crippen molar-refractivity contribution in [3.05, 3.63) is 71.3 Å². The van der Waals surface area contributed by atoms with Crippen molar-refractivity contribution in [1.82, 2.24) is 0 Å². The highest BCUT2D eigenvalue weighted by atomic mass is 16.4. The molecule has 2 aromatic rings. The van der Waals surface area contributed by atoms with E-state index >= 15 is 0 Å². The van der Waals surface area contributed by atoms with Crippen LogP contribution in [0, 0.1) is 0 Å². The number of rotatable bonds is 6. The Balaban J connectivity index is 2.06. The van der Waals surface area contributed by atoms with E-state index in [-0.39, 0.29) is 10.8 Å². The summed E-state index contributed by atoms with van der Waals surface area (Å²) in [6.07, 6.45) is 3.25. The van der Waals surface area contributed by atoms with Gasteiger partial charge in [0.1, 0.15) is 0 Å². The van der Waals surface area contributed by atoms with E-state index in [4.69, 9.17) is 0 Å². The predicted molar refractivity (Wildman–Crippen MR) is 122 cm³/mol. The van der Waals surface area contributed by atoms with E-state index in [2.05, 4.69) is 57.4 Å². The quantitative estimate of drug-likeness (QED) is 0.548. The molecule has 3 nitrogen and oxygen atoms in total. The Hall–Kier alpha value is -2.55. The summed E-state index contributed by atoms with van der Waals surface area (Å²) in [4.78, 5) is 13.5. The van der Waals surface area contributed by atoms with E-state index in [1.807, 2.05) is 19.1 Å². The summed E-state index contributed by atoms with van der Waals surface area (Å²) in [5.41, 5.74) is 6.80. The summed E-state index contributed by atoms with van der Waals surface area (Å²) < 4.78 is 0. The van der Waals surface area contributed by atoms with E-state index in [1.165, 1.54) is 24.0 Å². The minimum atomic E-state index is -0.900. The topological polar surface area (TPSA) is 40.5 Å². The van der Waals surface area contributed by atoms with Gasteiger partial charge in [0.05, 0.1) is 5.56 Å². The van der Waals surface area contributed by atoms with Gasteiger partial charge in [0, 0.05) is 17.9 Å². The number of fused-ring (bicyclic) bond motifs is 1. The molecule has 0 atom stereocenters. The normalized spacial score (nSPS) is 16.7. The van der Waals surface area contributed by atoms with Gasteiger partial charge in [-0.25, -0.2) is 4.79 Å². The molecule has 1 N–H and O–H groups in total. The van der Waals surface area contributed by atoms with Gasteiger partial charge in [-0.15, -0.1) is 6.58 Å². The monoisotopic (exact) mass is 391 g/mol. The Morgan fingerprint density at radius 1 is 0.966 bits per heavy atom. The van der Waals surface area contributed by atoms with Crippen molar-refractivity contribution in [2.24, 2.45) is 0 Å². The lowest BCUT2D eigenvalue weighted by Crippen LogP contribution is -2.34. The molecule has 3 heteroatoms. The molecule has 0 amide bonds. The maximum atomic E-state index is 11.2. The number of carbonyl (C=O) groups is 1. The second kappa shape index (κ2) is 7.70. The Kier molecular flexibility index (Phi) is 5.62. The Morgan fingerprint density at radius 3 is 2.07 bits per heavy atom. The smallest absolute Gasteiger partial charge is 0.335 e. The SMILES string of the molecule is C=C(C)CCN(c1ccc(C(=O)O)cc1)c1ccc2c(c1)C(C)(C)CCC2(C)C. The highest BCUT2D eigenvalue weighted by Gasteiger charge is 2.37. The van der Waals surface area contributed by atoms with Gasteiger partial charge in [-0.2, -0.15) is 0 Å². The number of nitrogens with zero attached hydrogens (tertiary/aromatic N) is 1. The largest absolute Gasteiger partial charge is 0.478 e. The molecule has 0 fully saturated rings. The number of aromatic carboxylic acids is 1. The molecule has 0 saturated carbocycles. The Bertz CT molecular complexity index is 922. The summed E-state index contributed by atoms with van der Waals surface area (Å²) in [5, 5.41) is 9.22. The second-order valence-electron chi connectivity index (χ2n) is 9.71. The molecule has 3 rings (SSSR count). The summed E-state index contributed by atoms with van der Waals surface area (Å²) in [6, 6.07) is 14.0. The molecule has 0 unspecified atom stereocenters. The average Bonchev–Trinajstić information content (AvgIpc) is 2.66. The van der Waals surface area contributed by atoms with E-state index < -0.39 is 5.97 Å². The van der Waals surface area contributed by atoms with Crippen molar-refractivity contribution in [2.45, 2.75) is 64.7 Å². The van der Waals surface area contributed by atoms with Crippen LogP contribution in [0.15, 0.2) is 54.6 Å². The molecule has 0 heterocycles. The van der Waals surface area contributed by atoms with Crippen molar-refractivity contribution in [3.63, 3.8) is 0 Å². The molecule has 29 heavy (non-hydrogen) atoms. The lowest BCUT2D eigenvalue weighted by atomic mass is 9.63. The van der Waals surface area contributed by atoms with Crippen LogP contribution in [-0.2, 0) is 10.8 Å². The van der Waals surface area contributed by atoms with E-state index in [9.17, 15) is 9.90 Å². The van der Waals surface area contributed by atoms with Crippen LogP contribution in [0.5, 0.6) is 0 Å². The molecule has 1 aliphatic rings. The molecule has 154 valence electrons. The van der Waals surface area contributed by atoms with Crippen LogP contribution in [0.25, 0.3) is 0 Å². The molecule has 0 spiro atoms. The molecular formula is C26H33NO2. The van der Waals surface area contributed by atoms with Crippen molar-refractivity contribution >= 4 is 17.3 Å². The number of carboxylic acids is 1. The van der Waals surface area contributed by atoms with Crippen LogP contribution in [0.4, 0.5) is 11.4 Å². The van der Waals surface area contributed by atoms with E-state index in [0.29, 0.717) is 5.56 Å². The fourth-order valence-electron chi connectivity index (χ4n) is 4.24. The first kappa shape index (κ1) is 21.2. The molecule has 0 aromatic heterocycles. The van der Waals surface area contributed by atoms with Crippen molar-refractivity contribution < 1.29 is 9.90 Å². The molecule has 0 radical (unpaired) electrons. The van der Waals surface area contributed by atoms with Crippen LogP contribution < -0.4 is 4.90 Å². The molecule has 2 aromatic carbocycles. The summed E-state index contributed by atoms with van der Waals surface area (Å²) in [6.45, 7) is 16.3. The first-order valence-electron chi connectivity index (χ1n) is 10.4. The number of hydrogen-bond acceptors (Lipinski definition) is 2. The van der Waals surface area contributed by atoms with E-state index in [1.54, 1.807) is 12.1 Å². The third-order valence-electron chi connectivity index (χ3n) is 6.34. The summed E-state index contributed by atoms with van der Waals surface area (Å²) in [5.74, 6) is -0.900. The van der Waals surface area contributed by atoms with Gasteiger partial charge in [0.2, 0.25) is 0 Å². The van der Waals surface area contributed by atoms with Gasteiger partial charge in [0.25, 0.3) is 0 Å². The van der Waals surface area contributed by atoms with E-state index in [0.717, 1.165) is 29.9 Å². The zero-order chi connectivity index (χ0) is 21.4. The maximum absolute atomic E-state index is 11.2. The second-order valence-corrected chi connectivity index (χ2v) is 9.71. The maximum Gasteiger partial charge on any atom is 0.335 e. The third-order valence-corrected chi connectivity index (χ3v) is 6.34. The fraction of sp³-hybridized carbons (Fsp3) is 0.423. The Morgan fingerprint density at radius 2 is 1.52 bits per heavy atom. The number of hydrogen-bond donors (Lipinski definition) is 1. The first-order valence-corrected chi connectivity index (χ1v) is 10.4. The van der Waals surface area contributed by atoms with Crippen molar-refractivity contribution in [2.75, 3.05) is 11.4 Å². The predicted octanol–water partition coefficient (Wildman–Crippen LogP) is 6.84. The van der Waals surface area contributed by atoms with Crippen LogP contribution in [0.2, 0.25) is 0 Å². The third kappa shape index (κ3) is 4.39. The Labute approximate surface area is 175 Å². The van der Waals surface area contributed by atoms with Gasteiger partial charge >= 0.3 is 5.97 Å². The average molecular weight is 392 g/mol. The fourth-order valence-corrected chi connectivity index (χ4v) is 4.24. The minimum absolute atomic E-state index is 0.147. The molecule has 0 aliphatic heterocycles. The first-order chi connectivity index (χ1) is 13.5. The zero-order valence-electron chi connectivity index (χ0n) is 18.4. The highest BCUT2D eigenvalue weighted by molar-refractivity contribution is 5.88. The van der Waals surface area contributed by atoms with Gasteiger partial charge in [-0.1, -0.05) is 39.3 Å². The van der Waals surface area contributed by atoms with Crippen LogP contribution in [-0.4, -0.2) is 17.6 Å². The zero-order valence-corrected chi connectivity index (χ0v) is 18.4. The lowest BCUT2D eigenvalue weighted by Gasteiger charge is -2.42. The number of benzene rings is 2. The highest BCUT2D eigenvalue weighted by Crippen LogP contribution is 2.47. The number of anilines is 2. The molecular weight excluding hydrogens is 358 g/mol. The minimum Gasteiger partial charge on any atom is -0.478 e. The summed E-state index contributed by atoms with van der Waals surface area (Å²) in [7, 11) is 0. The molecule has 0 bridgehead atoms. The van der Waals surface area contributed by atoms with Gasteiger partial charge in [-0.05, 0) is 84.5 Å². The van der Waals surface area contributed by atoms with Gasteiger partial charge in [-0.3, -0.25) is 0 Å². The standard InChI is InChI=1S/C26H33NO2/c1-18(2)13-16-27(20-9-7-19(8-10-20)24(28)29)21-11-12-22-23(17-21)26(5,6)15-14-25(22,3)4/h7-12,17H,1,13-16H2,2-6H3,(H,28,29). The van der Waals surface area contributed by atoms with Crippen molar-refractivity contribution in [1.29, 1.82) is 0 Å². The van der Waals surface area contributed by atoms with Crippen LogP contribution >= 0.6 is 0 Å². The molecule has 1 aliphatic carbocycles. The lowest BCUT2D eigenvalue weighted by molar-refractivity contribution is 0.0697. The summed E-state index contributed by atoms with van der Waals surface area (Å²) >= 11 is 0. The number of carboxylic acid groups (broad SMARTS) is 1. The van der Waals surface area contributed by atoms with Gasteiger partial charge in [0.15, 0.2) is 0 Å².